The van der Waals surface area contributed by atoms with Crippen LogP contribution in [-0.2, 0) is 16.6 Å². The summed E-state index contributed by atoms with van der Waals surface area (Å²) in [5, 5.41) is 1.17. The number of aliphatic imine (C=N–C) groups is 1. The fraction of sp³-hybridized carbons (Fsp3) is 0.447. The van der Waals surface area contributed by atoms with Crippen LogP contribution in [0.2, 0.25) is 0 Å². The first-order valence-corrected chi connectivity index (χ1v) is 16.7. The summed E-state index contributed by atoms with van der Waals surface area (Å²) in [6.45, 7) is 10.9. The zero-order valence-electron chi connectivity index (χ0n) is 27.1. The number of aromatic amines is 1. The predicted molar refractivity (Wildman–Crippen MR) is 182 cm³/mol. The van der Waals surface area contributed by atoms with E-state index in [9.17, 15) is 4.79 Å². The lowest BCUT2D eigenvalue weighted by atomic mass is 9.82. The number of nitrogens with zero attached hydrogens (tertiary/aromatic N) is 4. The number of likely N-dealkylation sites (tertiary alicyclic amines) is 1. The van der Waals surface area contributed by atoms with Crippen LogP contribution >= 0.6 is 0 Å². The average molecular weight is 603 g/mol. The van der Waals surface area contributed by atoms with Crippen LogP contribution in [0.1, 0.15) is 79.7 Å². The molecule has 3 aliphatic heterocycles. The summed E-state index contributed by atoms with van der Waals surface area (Å²) < 4.78 is 0. The van der Waals surface area contributed by atoms with Crippen molar-refractivity contribution in [3.63, 3.8) is 0 Å². The van der Waals surface area contributed by atoms with Crippen molar-refractivity contribution in [2.45, 2.75) is 89.6 Å². The van der Waals surface area contributed by atoms with E-state index in [1.54, 1.807) is 0 Å². The molecule has 2 aromatic carbocycles. The summed E-state index contributed by atoms with van der Waals surface area (Å²) in [5.74, 6) is 1.34. The van der Waals surface area contributed by atoms with E-state index >= 15 is 0 Å². The summed E-state index contributed by atoms with van der Waals surface area (Å²) in [6, 6.07) is 18.3. The summed E-state index contributed by atoms with van der Waals surface area (Å²) in [4.78, 5) is 31.3. The molecule has 5 heterocycles. The number of aromatic nitrogens is 2. The lowest BCUT2D eigenvalue weighted by Crippen LogP contribution is -2.45. The van der Waals surface area contributed by atoms with Gasteiger partial charge < -0.3 is 20.5 Å². The van der Waals surface area contributed by atoms with Crippen molar-refractivity contribution < 1.29 is 4.79 Å². The maximum atomic E-state index is 14.0. The minimum absolute atomic E-state index is 0.270. The minimum atomic E-state index is -0.600. The second-order valence-corrected chi connectivity index (χ2v) is 14.1. The molecule has 1 atom stereocenters. The van der Waals surface area contributed by atoms with Crippen LogP contribution in [0.4, 0.5) is 0 Å². The van der Waals surface area contributed by atoms with Crippen LogP contribution < -0.4 is 5.73 Å². The SMILES string of the molecule is Cc1cc(C)cc(-c2[nH]c3ccc(C(C)(C)C(=O)N4C5CCC4CC5)cc3c2CCN=C(N)N2CCC(c3ccncc3)C2)c1. The Balaban J connectivity index is 1.18. The highest BCUT2D eigenvalue weighted by molar-refractivity contribution is 5.94. The Morgan fingerprint density at radius 1 is 0.978 bits per heavy atom. The molecule has 7 heteroatoms. The second-order valence-electron chi connectivity index (χ2n) is 14.1. The lowest BCUT2D eigenvalue weighted by Gasteiger charge is -2.33. The molecule has 4 aromatic rings. The molecule has 0 aliphatic carbocycles. The van der Waals surface area contributed by atoms with Crippen molar-refractivity contribution in [3.05, 3.63) is 88.7 Å². The van der Waals surface area contributed by atoms with Gasteiger partial charge in [-0.1, -0.05) is 23.3 Å². The van der Waals surface area contributed by atoms with Crippen LogP contribution in [-0.4, -0.2) is 63.4 Å². The van der Waals surface area contributed by atoms with Crippen LogP contribution in [0, 0.1) is 13.8 Å². The molecule has 3 fully saturated rings. The molecule has 3 N–H and O–H groups in total. The fourth-order valence-electron chi connectivity index (χ4n) is 8.21. The lowest BCUT2D eigenvalue weighted by molar-refractivity contribution is -0.137. The standard InChI is InChI=1S/C38H46N6O/c1-24-19-25(2)21-28(20-24)35-32(13-17-41-37(39)43-18-14-27(23-43)26-11-15-40-16-12-26)33-22-29(5-10-34(33)42-35)38(3,4)36(45)44-30-6-7-31(44)9-8-30/h5,10-12,15-16,19-22,27,30-31,42H,6-9,13-14,17-18,23H2,1-4H3,(H2,39,41). The van der Waals surface area contributed by atoms with Gasteiger partial charge in [0, 0.05) is 66.6 Å². The second kappa shape index (κ2) is 11.7. The smallest absolute Gasteiger partial charge is 0.233 e. The van der Waals surface area contributed by atoms with E-state index in [-0.39, 0.29) is 5.91 Å². The van der Waals surface area contributed by atoms with Gasteiger partial charge in [-0.05, 0) is 125 Å². The van der Waals surface area contributed by atoms with E-state index < -0.39 is 5.41 Å². The number of benzene rings is 2. The van der Waals surface area contributed by atoms with Crippen LogP contribution in [0.25, 0.3) is 22.2 Å². The number of carbonyl (C=O) groups excluding carboxylic acids is 1. The third-order valence-corrected chi connectivity index (χ3v) is 10.7. The van der Waals surface area contributed by atoms with Gasteiger partial charge in [0.05, 0.1) is 5.41 Å². The predicted octanol–water partition coefficient (Wildman–Crippen LogP) is 6.62. The first kappa shape index (κ1) is 29.6. The number of amides is 1. The van der Waals surface area contributed by atoms with Crippen LogP contribution in [0.5, 0.6) is 0 Å². The molecule has 3 saturated heterocycles. The first-order chi connectivity index (χ1) is 21.7. The quantitative estimate of drug-likeness (QED) is 0.184. The number of nitrogens with one attached hydrogen (secondary N) is 1. The number of hydrogen-bond acceptors (Lipinski definition) is 3. The minimum Gasteiger partial charge on any atom is -0.370 e. The zero-order valence-corrected chi connectivity index (χ0v) is 27.1. The van der Waals surface area contributed by atoms with E-state index in [1.807, 2.05) is 12.4 Å². The van der Waals surface area contributed by atoms with E-state index in [1.165, 1.54) is 33.2 Å². The molecule has 234 valence electrons. The number of pyridine rings is 1. The van der Waals surface area contributed by atoms with E-state index in [4.69, 9.17) is 10.7 Å². The largest absolute Gasteiger partial charge is 0.370 e. The van der Waals surface area contributed by atoms with Gasteiger partial charge in [-0.2, -0.15) is 0 Å². The molecule has 0 saturated carbocycles. The van der Waals surface area contributed by atoms with Crippen molar-refractivity contribution in [3.8, 4) is 11.3 Å². The molecular formula is C38H46N6O. The molecule has 7 nitrogen and oxygen atoms in total. The van der Waals surface area contributed by atoms with Crippen molar-refractivity contribution in [1.29, 1.82) is 0 Å². The summed E-state index contributed by atoms with van der Waals surface area (Å²) in [6.07, 6.45) is 10.1. The molecule has 2 bridgehead atoms. The third kappa shape index (κ3) is 5.51. The normalized spacial score (nSPS) is 21.8. The number of H-pyrrole nitrogens is 1. The van der Waals surface area contributed by atoms with Gasteiger partial charge >= 0.3 is 0 Å². The van der Waals surface area contributed by atoms with Gasteiger partial charge in [-0.15, -0.1) is 0 Å². The molecule has 0 spiro atoms. The highest BCUT2D eigenvalue weighted by Crippen LogP contribution is 2.42. The number of nitrogens with two attached hydrogens (primary N) is 1. The number of guanidine groups is 1. The van der Waals surface area contributed by atoms with Gasteiger partial charge in [0.2, 0.25) is 5.91 Å². The van der Waals surface area contributed by atoms with Crippen molar-refractivity contribution >= 4 is 22.8 Å². The topological polar surface area (TPSA) is 90.6 Å². The summed E-state index contributed by atoms with van der Waals surface area (Å²) >= 11 is 0. The summed E-state index contributed by atoms with van der Waals surface area (Å²) in [7, 11) is 0. The van der Waals surface area contributed by atoms with Crippen molar-refractivity contribution in [2.24, 2.45) is 10.7 Å². The van der Waals surface area contributed by atoms with Gasteiger partial charge in [0.15, 0.2) is 5.96 Å². The maximum Gasteiger partial charge on any atom is 0.233 e. The van der Waals surface area contributed by atoms with Crippen LogP contribution in [0.3, 0.4) is 0 Å². The molecule has 45 heavy (non-hydrogen) atoms. The number of hydrogen-bond donors (Lipinski definition) is 2. The molecule has 3 aliphatic rings. The van der Waals surface area contributed by atoms with Gasteiger partial charge in [-0.25, -0.2) is 0 Å². The van der Waals surface area contributed by atoms with Crippen molar-refractivity contribution in [2.75, 3.05) is 19.6 Å². The Bertz CT molecular complexity index is 1710. The fourth-order valence-corrected chi connectivity index (χ4v) is 8.21. The number of fused-ring (bicyclic) bond motifs is 3. The molecule has 0 radical (unpaired) electrons. The molecular weight excluding hydrogens is 556 g/mol. The Morgan fingerprint density at radius 3 is 2.36 bits per heavy atom. The van der Waals surface area contributed by atoms with Gasteiger partial charge in [0.1, 0.15) is 0 Å². The van der Waals surface area contributed by atoms with E-state index in [0.717, 1.165) is 68.4 Å². The highest BCUT2D eigenvalue weighted by Gasteiger charge is 2.47. The van der Waals surface area contributed by atoms with Gasteiger partial charge in [-0.3, -0.25) is 14.8 Å². The van der Waals surface area contributed by atoms with Crippen molar-refractivity contribution in [1.82, 2.24) is 19.8 Å². The van der Waals surface area contributed by atoms with Crippen LogP contribution in [0.15, 0.2) is 65.9 Å². The highest BCUT2D eigenvalue weighted by atomic mass is 16.2. The van der Waals surface area contributed by atoms with E-state index in [2.05, 4.69) is 96.0 Å². The summed E-state index contributed by atoms with van der Waals surface area (Å²) in [5.41, 5.74) is 15.5. The molecule has 7 rings (SSSR count). The zero-order chi connectivity index (χ0) is 31.3. The maximum absolute atomic E-state index is 14.0. The first-order valence-electron chi connectivity index (χ1n) is 16.7. The average Bonchev–Trinajstić information content (AvgIpc) is 3.84. The van der Waals surface area contributed by atoms with Gasteiger partial charge in [0.25, 0.3) is 0 Å². The number of carbonyl (C=O) groups is 1. The Kier molecular flexibility index (Phi) is 7.66. The Hall–Kier alpha value is -4.13. The van der Waals surface area contributed by atoms with E-state index in [0.29, 0.717) is 30.5 Å². The third-order valence-electron chi connectivity index (χ3n) is 10.7. The molecule has 1 unspecified atom stereocenters. The molecule has 1 amide bonds. The number of aryl methyl sites for hydroxylation is 2. The Labute approximate surface area is 266 Å². The Morgan fingerprint density at radius 2 is 1.67 bits per heavy atom. The monoisotopic (exact) mass is 602 g/mol. The molecule has 2 aromatic heterocycles. The number of rotatable bonds is 7.